The number of anilines is 1. The second-order valence-electron chi connectivity index (χ2n) is 5.40. The molecule has 0 radical (unpaired) electrons. The molecule has 4 rings (SSSR count). The molecule has 0 unspecified atom stereocenters. The van der Waals surface area contributed by atoms with E-state index in [2.05, 4.69) is 15.5 Å². The molecule has 114 valence electrons. The van der Waals surface area contributed by atoms with Crippen LogP contribution in [0.4, 0.5) is 5.69 Å². The highest BCUT2D eigenvalue weighted by atomic mass is 16.2. The van der Waals surface area contributed by atoms with Crippen molar-refractivity contribution >= 4 is 11.6 Å². The molecule has 1 atom stereocenters. The number of fused-ring (bicyclic) bond motifs is 1. The lowest BCUT2D eigenvalue weighted by Crippen LogP contribution is -2.40. The van der Waals surface area contributed by atoms with Gasteiger partial charge in [0.1, 0.15) is 11.9 Å². The summed E-state index contributed by atoms with van der Waals surface area (Å²) in [5, 5.41) is 12.2. The van der Waals surface area contributed by atoms with Crippen LogP contribution in [0.5, 0.6) is 0 Å². The number of aromatic nitrogens is 3. The van der Waals surface area contributed by atoms with Crippen molar-refractivity contribution < 1.29 is 4.79 Å². The predicted octanol–water partition coefficient (Wildman–Crippen LogP) is 2.46. The van der Waals surface area contributed by atoms with E-state index in [9.17, 15) is 4.79 Å². The summed E-state index contributed by atoms with van der Waals surface area (Å²) in [6.45, 7) is 0. The second-order valence-corrected chi connectivity index (χ2v) is 5.40. The molecule has 1 aromatic heterocycles. The summed E-state index contributed by atoms with van der Waals surface area (Å²) in [4.78, 5) is 15.7. The fourth-order valence-electron chi connectivity index (χ4n) is 2.71. The maximum Gasteiger partial charge on any atom is 0.257 e. The van der Waals surface area contributed by atoms with Crippen LogP contribution in [0.15, 0.2) is 60.8 Å². The lowest BCUT2D eigenvalue weighted by atomic mass is 10.1. The molecule has 1 aliphatic rings. The summed E-state index contributed by atoms with van der Waals surface area (Å²) in [5.74, 6) is -0.0291. The highest BCUT2D eigenvalue weighted by Gasteiger charge is 2.31. The van der Waals surface area contributed by atoms with E-state index in [4.69, 9.17) is 0 Å². The molecule has 1 aliphatic heterocycles. The van der Waals surface area contributed by atoms with Crippen molar-refractivity contribution in [2.75, 3.05) is 12.4 Å². The van der Waals surface area contributed by atoms with E-state index in [-0.39, 0.29) is 12.1 Å². The van der Waals surface area contributed by atoms with E-state index in [0.29, 0.717) is 11.3 Å². The number of hydrogen-bond acceptors (Lipinski definition) is 4. The monoisotopic (exact) mass is 305 g/mol. The highest BCUT2D eigenvalue weighted by molar-refractivity contribution is 6.01. The van der Waals surface area contributed by atoms with Crippen molar-refractivity contribution in [2.45, 2.75) is 6.17 Å². The SMILES string of the molecule is CN1C(=O)c2ccccc2N[C@@H]1c1cnn(-c2ccccc2)n1. The number of amides is 1. The maximum atomic E-state index is 12.5. The zero-order valence-corrected chi connectivity index (χ0v) is 12.5. The minimum atomic E-state index is -0.338. The van der Waals surface area contributed by atoms with Gasteiger partial charge in [-0.25, -0.2) is 0 Å². The van der Waals surface area contributed by atoms with Crippen LogP contribution >= 0.6 is 0 Å². The number of rotatable bonds is 2. The summed E-state index contributed by atoms with van der Waals surface area (Å²) in [6.07, 6.45) is 1.34. The zero-order valence-electron chi connectivity index (χ0n) is 12.5. The van der Waals surface area contributed by atoms with Crippen LogP contribution in [0.1, 0.15) is 22.2 Å². The largest absolute Gasteiger partial charge is 0.359 e. The Hall–Kier alpha value is -3.15. The van der Waals surface area contributed by atoms with Crippen molar-refractivity contribution in [1.29, 1.82) is 0 Å². The average molecular weight is 305 g/mol. The van der Waals surface area contributed by atoms with Crippen molar-refractivity contribution in [3.63, 3.8) is 0 Å². The molecule has 23 heavy (non-hydrogen) atoms. The van der Waals surface area contributed by atoms with Crippen LogP contribution < -0.4 is 5.32 Å². The molecule has 0 aliphatic carbocycles. The lowest BCUT2D eigenvalue weighted by molar-refractivity contribution is 0.0732. The van der Waals surface area contributed by atoms with Gasteiger partial charge in [0.25, 0.3) is 5.91 Å². The molecule has 0 spiro atoms. The first-order valence-corrected chi connectivity index (χ1v) is 7.34. The van der Waals surface area contributed by atoms with E-state index in [1.165, 1.54) is 0 Å². The van der Waals surface area contributed by atoms with Crippen LogP contribution in [-0.4, -0.2) is 32.8 Å². The van der Waals surface area contributed by atoms with Gasteiger partial charge in [-0.05, 0) is 24.3 Å². The molecule has 0 saturated heterocycles. The van der Waals surface area contributed by atoms with Crippen molar-refractivity contribution in [2.24, 2.45) is 0 Å². The van der Waals surface area contributed by atoms with Crippen molar-refractivity contribution in [3.05, 3.63) is 72.1 Å². The molecule has 2 heterocycles. The third-order valence-electron chi connectivity index (χ3n) is 3.93. The van der Waals surface area contributed by atoms with E-state index < -0.39 is 0 Å². The van der Waals surface area contributed by atoms with Gasteiger partial charge in [-0.1, -0.05) is 30.3 Å². The molecule has 0 saturated carbocycles. The number of benzene rings is 2. The van der Waals surface area contributed by atoms with E-state index in [1.54, 1.807) is 22.9 Å². The normalized spacial score (nSPS) is 16.8. The van der Waals surface area contributed by atoms with Gasteiger partial charge in [-0.15, -0.1) is 5.10 Å². The summed E-state index contributed by atoms with van der Waals surface area (Å²) >= 11 is 0. The third kappa shape index (κ3) is 2.24. The van der Waals surface area contributed by atoms with Gasteiger partial charge in [0.2, 0.25) is 0 Å². The zero-order chi connectivity index (χ0) is 15.8. The number of nitrogens with zero attached hydrogens (tertiary/aromatic N) is 4. The first kappa shape index (κ1) is 13.5. The molecule has 0 bridgehead atoms. The topological polar surface area (TPSA) is 63.1 Å². The Morgan fingerprint density at radius 2 is 1.78 bits per heavy atom. The first-order chi connectivity index (χ1) is 11.2. The molecule has 3 aromatic rings. The molecule has 1 N–H and O–H groups in total. The summed E-state index contributed by atoms with van der Waals surface area (Å²) in [7, 11) is 1.76. The average Bonchev–Trinajstić information content (AvgIpc) is 3.09. The Kier molecular flexibility index (Phi) is 3.08. The van der Waals surface area contributed by atoms with Gasteiger partial charge in [-0.3, -0.25) is 4.79 Å². The molecule has 2 aromatic carbocycles. The Balaban J connectivity index is 1.69. The van der Waals surface area contributed by atoms with Gasteiger partial charge in [0, 0.05) is 12.7 Å². The van der Waals surface area contributed by atoms with Crippen molar-refractivity contribution in [3.8, 4) is 5.69 Å². The molecular weight excluding hydrogens is 290 g/mol. The standard InChI is InChI=1S/C17H15N5O/c1-21-16(19-14-10-6-5-9-13(14)17(21)23)15-11-18-22(20-15)12-7-3-2-4-8-12/h2-11,16,19H,1H3/t16-/m0/s1. The van der Waals surface area contributed by atoms with E-state index >= 15 is 0 Å². The first-order valence-electron chi connectivity index (χ1n) is 7.34. The maximum absolute atomic E-state index is 12.5. The fourth-order valence-corrected chi connectivity index (χ4v) is 2.71. The quantitative estimate of drug-likeness (QED) is 0.790. The Morgan fingerprint density at radius 1 is 1.04 bits per heavy atom. The summed E-state index contributed by atoms with van der Waals surface area (Å²) < 4.78 is 0. The van der Waals surface area contributed by atoms with Crippen LogP contribution in [-0.2, 0) is 0 Å². The molecule has 1 amide bonds. The third-order valence-corrected chi connectivity index (χ3v) is 3.93. The number of nitrogens with one attached hydrogen (secondary N) is 1. The Morgan fingerprint density at radius 3 is 2.61 bits per heavy atom. The van der Waals surface area contributed by atoms with Crippen LogP contribution in [0.3, 0.4) is 0 Å². The number of carbonyl (C=O) groups is 1. The molecule has 6 nitrogen and oxygen atoms in total. The van der Waals surface area contributed by atoms with Gasteiger partial charge in [-0.2, -0.15) is 9.90 Å². The van der Waals surface area contributed by atoms with Gasteiger partial charge in [0.15, 0.2) is 0 Å². The second kappa shape index (κ2) is 5.24. The smallest absolute Gasteiger partial charge is 0.257 e. The van der Waals surface area contributed by atoms with Crippen molar-refractivity contribution in [1.82, 2.24) is 19.9 Å². The Bertz CT molecular complexity index is 858. The van der Waals surface area contributed by atoms with Gasteiger partial charge in [0.05, 0.1) is 17.4 Å². The molecule has 0 fully saturated rings. The minimum Gasteiger partial charge on any atom is -0.359 e. The minimum absolute atomic E-state index is 0.0291. The van der Waals surface area contributed by atoms with Gasteiger partial charge >= 0.3 is 0 Å². The van der Waals surface area contributed by atoms with Gasteiger partial charge < -0.3 is 10.2 Å². The fraction of sp³-hybridized carbons (Fsp3) is 0.118. The number of para-hydroxylation sites is 2. The Labute approximate surface area is 133 Å². The predicted molar refractivity (Wildman–Crippen MR) is 86.3 cm³/mol. The number of hydrogen-bond donors (Lipinski definition) is 1. The van der Waals surface area contributed by atoms with E-state index in [1.807, 2.05) is 54.6 Å². The summed E-state index contributed by atoms with van der Waals surface area (Å²) in [6, 6.07) is 17.2. The number of carbonyl (C=O) groups excluding carboxylic acids is 1. The van der Waals surface area contributed by atoms with E-state index in [0.717, 1.165) is 11.4 Å². The summed E-state index contributed by atoms with van der Waals surface area (Å²) in [5.41, 5.74) is 3.06. The lowest BCUT2D eigenvalue weighted by Gasteiger charge is -2.33. The highest BCUT2D eigenvalue weighted by Crippen LogP contribution is 2.30. The van der Waals surface area contributed by atoms with Crippen LogP contribution in [0.2, 0.25) is 0 Å². The molecule has 6 heteroatoms. The van der Waals surface area contributed by atoms with Crippen LogP contribution in [0.25, 0.3) is 5.69 Å². The van der Waals surface area contributed by atoms with Crippen LogP contribution in [0, 0.1) is 0 Å². The molecular formula is C17H15N5O.